The van der Waals surface area contributed by atoms with Crippen LogP contribution in [0.5, 0.6) is 0 Å². The number of anilines is 2. The van der Waals surface area contributed by atoms with Crippen molar-refractivity contribution in [1.29, 1.82) is 0 Å². The predicted molar refractivity (Wildman–Crippen MR) is 92.1 cm³/mol. The molecule has 0 aliphatic rings. The van der Waals surface area contributed by atoms with Gasteiger partial charge >= 0.3 is 0 Å². The van der Waals surface area contributed by atoms with Gasteiger partial charge in [-0.25, -0.2) is 0 Å². The van der Waals surface area contributed by atoms with E-state index in [4.69, 9.17) is 11.6 Å². The largest absolute Gasteiger partial charge is 0.375 e. The first-order chi connectivity index (χ1) is 10.1. The lowest BCUT2D eigenvalue weighted by Crippen LogP contribution is -2.22. The van der Waals surface area contributed by atoms with E-state index in [9.17, 15) is 4.79 Å². The Morgan fingerprint density at radius 2 is 1.95 bits per heavy atom. The molecule has 5 heteroatoms. The quantitative estimate of drug-likeness (QED) is 0.803. The molecule has 0 aromatic heterocycles. The van der Waals surface area contributed by atoms with E-state index in [0.717, 1.165) is 27.8 Å². The van der Waals surface area contributed by atoms with E-state index in [2.05, 4.69) is 33.5 Å². The summed E-state index contributed by atoms with van der Waals surface area (Å²) in [5.74, 6) is -0.102. The van der Waals surface area contributed by atoms with Crippen LogP contribution in [-0.4, -0.2) is 12.5 Å². The SMILES string of the molecule is CCc1ccccc1NC(=O)CNc1ccc(Br)cc1Cl. The second-order valence-corrected chi connectivity index (χ2v) is 5.86. The number of amides is 1. The predicted octanol–water partition coefficient (Wildman–Crippen LogP) is 4.72. The summed E-state index contributed by atoms with van der Waals surface area (Å²) < 4.78 is 0.902. The van der Waals surface area contributed by atoms with E-state index in [1.807, 2.05) is 36.4 Å². The molecule has 0 saturated carbocycles. The van der Waals surface area contributed by atoms with Gasteiger partial charge in [0.15, 0.2) is 0 Å². The number of benzene rings is 2. The van der Waals surface area contributed by atoms with Crippen LogP contribution in [0.1, 0.15) is 12.5 Å². The van der Waals surface area contributed by atoms with Gasteiger partial charge < -0.3 is 10.6 Å². The lowest BCUT2D eigenvalue weighted by Gasteiger charge is -2.11. The van der Waals surface area contributed by atoms with Crippen LogP contribution < -0.4 is 10.6 Å². The lowest BCUT2D eigenvalue weighted by atomic mass is 10.1. The fraction of sp³-hybridized carbons (Fsp3) is 0.188. The molecule has 0 fully saturated rings. The standard InChI is InChI=1S/C16H16BrClN2O/c1-2-11-5-3-4-6-14(11)20-16(21)10-19-15-8-7-12(17)9-13(15)18/h3-9,19H,2,10H2,1H3,(H,20,21). The van der Waals surface area contributed by atoms with E-state index >= 15 is 0 Å². The third kappa shape index (κ3) is 4.48. The molecule has 3 nitrogen and oxygen atoms in total. The van der Waals surface area contributed by atoms with Crippen molar-refractivity contribution in [3.63, 3.8) is 0 Å². The lowest BCUT2D eigenvalue weighted by molar-refractivity contribution is -0.114. The van der Waals surface area contributed by atoms with Crippen molar-refractivity contribution in [3.05, 3.63) is 57.5 Å². The van der Waals surface area contributed by atoms with Gasteiger partial charge in [-0.15, -0.1) is 0 Å². The Hall–Kier alpha value is -1.52. The number of halogens is 2. The average Bonchev–Trinajstić information content (AvgIpc) is 2.47. The molecule has 0 bridgehead atoms. The maximum absolute atomic E-state index is 12.0. The van der Waals surface area contributed by atoms with Crippen LogP contribution >= 0.6 is 27.5 Å². The van der Waals surface area contributed by atoms with Crippen molar-refractivity contribution >= 4 is 44.8 Å². The van der Waals surface area contributed by atoms with Crippen molar-refractivity contribution < 1.29 is 4.79 Å². The zero-order valence-corrected chi connectivity index (χ0v) is 14.0. The minimum absolute atomic E-state index is 0.102. The molecule has 21 heavy (non-hydrogen) atoms. The van der Waals surface area contributed by atoms with Gasteiger partial charge in [-0.2, -0.15) is 0 Å². The Morgan fingerprint density at radius 1 is 1.19 bits per heavy atom. The molecule has 0 aliphatic heterocycles. The Balaban J connectivity index is 1.96. The molecule has 0 radical (unpaired) electrons. The number of hydrogen-bond acceptors (Lipinski definition) is 2. The van der Waals surface area contributed by atoms with Crippen LogP contribution in [0.4, 0.5) is 11.4 Å². The molecular formula is C16H16BrClN2O. The summed E-state index contributed by atoms with van der Waals surface area (Å²) in [6.45, 7) is 2.23. The Kier molecular flexibility index (Phi) is 5.65. The number of carbonyl (C=O) groups excluding carboxylic acids is 1. The molecule has 0 saturated heterocycles. The maximum Gasteiger partial charge on any atom is 0.243 e. The zero-order chi connectivity index (χ0) is 15.2. The first-order valence-corrected chi connectivity index (χ1v) is 7.84. The topological polar surface area (TPSA) is 41.1 Å². The number of rotatable bonds is 5. The Labute approximate surface area is 137 Å². The minimum Gasteiger partial charge on any atom is -0.375 e. The normalized spacial score (nSPS) is 10.2. The van der Waals surface area contributed by atoms with Gasteiger partial charge in [-0.1, -0.05) is 52.7 Å². The summed E-state index contributed by atoms with van der Waals surface area (Å²) in [5.41, 5.74) is 2.71. The van der Waals surface area contributed by atoms with Gasteiger partial charge in [0, 0.05) is 10.2 Å². The highest BCUT2D eigenvalue weighted by atomic mass is 79.9. The van der Waals surface area contributed by atoms with Gasteiger partial charge in [0.25, 0.3) is 0 Å². The summed E-state index contributed by atoms with van der Waals surface area (Å²) >= 11 is 9.44. The number of aryl methyl sites for hydroxylation is 1. The van der Waals surface area contributed by atoms with Crippen molar-refractivity contribution in [2.75, 3.05) is 17.2 Å². The summed E-state index contributed by atoms with van der Waals surface area (Å²) in [6, 6.07) is 13.3. The molecule has 2 aromatic carbocycles. The molecule has 2 rings (SSSR count). The fourth-order valence-electron chi connectivity index (χ4n) is 1.95. The first-order valence-electron chi connectivity index (χ1n) is 6.67. The second-order valence-electron chi connectivity index (χ2n) is 4.54. The minimum atomic E-state index is -0.102. The van der Waals surface area contributed by atoms with Crippen LogP contribution in [0.15, 0.2) is 46.9 Å². The van der Waals surface area contributed by atoms with Gasteiger partial charge in [-0.05, 0) is 36.2 Å². The van der Waals surface area contributed by atoms with Gasteiger partial charge in [0.1, 0.15) is 0 Å². The Morgan fingerprint density at radius 3 is 2.67 bits per heavy atom. The van der Waals surface area contributed by atoms with Crippen molar-refractivity contribution in [1.82, 2.24) is 0 Å². The molecule has 0 heterocycles. The summed E-state index contributed by atoms with van der Waals surface area (Å²) in [6.07, 6.45) is 0.877. The maximum atomic E-state index is 12.0. The molecule has 2 N–H and O–H groups in total. The molecule has 1 amide bonds. The monoisotopic (exact) mass is 366 g/mol. The smallest absolute Gasteiger partial charge is 0.243 e. The van der Waals surface area contributed by atoms with E-state index in [-0.39, 0.29) is 12.5 Å². The number of carbonyl (C=O) groups is 1. The highest BCUT2D eigenvalue weighted by molar-refractivity contribution is 9.10. The summed E-state index contributed by atoms with van der Waals surface area (Å²) in [5, 5.41) is 6.52. The van der Waals surface area contributed by atoms with Gasteiger partial charge in [-0.3, -0.25) is 4.79 Å². The van der Waals surface area contributed by atoms with Gasteiger partial charge in [0.05, 0.1) is 17.3 Å². The third-order valence-electron chi connectivity index (χ3n) is 3.04. The molecule has 0 aliphatic carbocycles. The zero-order valence-electron chi connectivity index (χ0n) is 11.6. The second kappa shape index (κ2) is 7.48. The van der Waals surface area contributed by atoms with Crippen molar-refractivity contribution in [2.24, 2.45) is 0 Å². The summed E-state index contributed by atoms with van der Waals surface area (Å²) in [4.78, 5) is 12.0. The number of hydrogen-bond donors (Lipinski definition) is 2. The van der Waals surface area contributed by atoms with Crippen LogP contribution in [-0.2, 0) is 11.2 Å². The molecular weight excluding hydrogens is 352 g/mol. The Bertz CT molecular complexity index is 646. The highest BCUT2D eigenvalue weighted by Crippen LogP contribution is 2.25. The molecule has 0 unspecified atom stereocenters. The average molecular weight is 368 g/mol. The van der Waals surface area contributed by atoms with Crippen LogP contribution in [0.2, 0.25) is 5.02 Å². The van der Waals surface area contributed by atoms with Crippen molar-refractivity contribution in [3.8, 4) is 0 Å². The molecule has 2 aromatic rings. The highest BCUT2D eigenvalue weighted by Gasteiger charge is 2.07. The van der Waals surface area contributed by atoms with Gasteiger partial charge in [0.2, 0.25) is 5.91 Å². The summed E-state index contributed by atoms with van der Waals surface area (Å²) in [7, 11) is 0. The fourth-order valence-corrected chi connectivity index (χ4v) is 2.69. The van der Waals surface area contributed by atoms with E-state index in [1.165, 1.54) is 0 Å². The molecule has 0 atom stereocenters. The van der Waals surface area contributed by atoms with E-state index in [1.54, 1.807) is 6.07 Å². The number of nitrogens with one attached hydrogen (secondary N) is 2. The van der Waals surface area contributed by atoms with E-state index in [0.29, 0.717) is 5.02 Å². The van der Waals surface area contributed by atoms with E-state index < -0.39 is 0 Å². The number of para-hydroxylation sites is 1. The van der Waals surface area contributed by atoms with Crippen LogP contribution in [0, 0.1) is 0 Å². The molecule has 110 valence electrons. The molecule has 0 spiro atoms. The van der Waals surface area contributed by atoms with Crippen molar-refractivity contribution in [2.45, 2.75) is 13.3 Å². The first kappa shape index (κ1) is 15.9. The van der Waals surface area contributed by atoms with Crippen LogP contribution in [0.3, 0.4) is 0 Å². The van der Waals surface area contributed by atoms with Crippen LogP contribution in [0.25, 0.3) is 0 Å². The third-order valence-corrected chi connectivity index (χ3v) is 3.85.